The maximum absolute atomic E-state index is 10.9. The summed E-state index contributed by atoms with van der Waals surface area (Å²) in [6.07, 6.45) is 6.46. The van der Waals surface area contributed by atoms with Gasteiger partial charge in [0.15, 0.2) is 0 Å². The Morgan fingerprint density at radius 2 is 2.11 bits per heavy atom. The van der Waals surface area contributed by atoms with Crippen LogP contribution in [0.2, 0.25) is 0 Å². The standard InChI is InChI=1S/C14H17O3PS/c1-11-4-3-5-12(10-11)14(2)8-6-13(7-9-14)18-19(15,16)17/h3-8,10,18H,9H2,1-2H3,(H,15,16,17). The molecule has 1 aromatic rings. The van der Waals surface area contributed by atoms with Crippen LogP contribution in [0.3, 0.4) is 0 Å². The fourth-order valence-corrected chi connectivity index (χ4v) is 4.15. The van der Waals surface area contributed by atoms with Gasteiger partial charge in [0.25, 0.3) is 9.74 Å². The number of hydrogen-bond donors (Lipinski definition) is 1. The number of aryl methyl sites for hydroxylation is 1. The van der Waals surface area contributed by atoms with E-state index in [-0.39, 0.29) is 5.41 Å². The van der Waals surface area contributed by atoms with Gasteiger partial charge in [-0.25, -0.2) is 0 Å². The Bertz CT molecular complexity index is 646. The summed E-state index contributed by atoms with van der Waals surface area (Å²) in [7, 11) is -4.50. The minimum Gasteiger partial charge on any atom is -0.283 e. The van der Waals surface area contributed by atoms with Crippen LogP contribution in [0.25, 0.3) is 0 Å². The summed E-state index contributed by atoms with van der Waals surface area (Å²) in [5.41, 5.74) is 2.31. The van der Waals surface area contributed by atoms with Crippen LogP contribution in [0.4, 0.5) is 0 Å². The first-order valence-corrected chi connectivity index (χ1v) is 9.17. The number of allylic oxidation sites excluding steroid dienone is 4. The Kier molecular flexibility index (Phi) is 3.95. The summed E-state index contributed by atoms with van der Waals surface area (Å²) >= 11 is 0. The zero-order valence-electron chi connectivity index (χ0n) is 10.9. The quantitative estimate of drug-likeness (QED) is 0.685. The highest BCUT2D eigenvalue weighted by molar-refractivity contribution is 8.41. The van der Waals surface area contributed by atoms with Gasteiger partial charge >= 0.3 is 0 Å². The van der Waals surface area contributed by atoms with Crippen LogP contribution >= 0.6 is 7.78 Å². The molecule has 0 saturated carbocycles. The molecule has 2 atom stereocenters. The fraction of sp³-hybridized carbons (Fsp3) is 0.286. The molecule has 3 nitrogen and oxygen atoms in total. The predicted molar refractivity (Wildman–Crippen MR) is 80.2 cm³/mol. The Morgan fingerprint density at radius 1 is 1.37 bits per heavy atom. The Balaban J connectivity index is 2.21. The molecular formula is C14H17O3PS. The molecule has 19 heavy (non-hydrogen) atoms. The van der Waals surface area contributed by atoms with E-state index in [0.29, 0.717) is 5.31 Å². The van der Waals surface area contributed by atoms with Crippen molar-refractivity contribution in [2.24, 2.45) is 0 Å². The minimum absolute atomic E-state index is 0.112. The molecule has 0 aliphatic heterocycles. The third-order valence-electron chi connectivity index (χ3n) is 3.30. The Morgan fingerprint density at radius 3 is 2.63 bits per heavy atom. The van der Waals surface area contributed by atoms with Crippen LogP contribution in [0, 0.1) is 6.92 Å². The SMILES string of the molecule is Cc1cccc(C2(C)C=CC(PS(=O)(=O)O)=CC2)c1. The summed E-state index contributed by atoms with van der Waals surface area (Å²) in [6.45, 7) is 4.18. The second kappa shape index (κ2) is 5.20. The highest BCUT2D eigenvalue weighted by atomic mass is 32.8. The summed E-state index contributed by atoms with van der Waals surface area (Å²) in [4.78, 5) is 0. The van der Waals surface area contributed by atoms with Crippen molar-refractivity contribution in [3.05, 3.63) is 58.9 Å². The first-order chi connectivity index (χ1) is 8.78. The van der Waals surface area contributed by atoms with E-state index in [1.807, 2.05) is 18.2 Å². The molecule has 0 fully saturated rings. The smallest absolute Gasteiger partial charge is 0.282 e. The fourth-order valence-electron chi connectivity index (χ4n) is 2.17. The molecular weight excluding hydrogens is 279 g/mol. The minimum atomic E-state index is -3.92. The lowest BCUT2D eigenvalue weighted by Crippen LogP contribution is -2.20. The molecule has 2 rings (SSSR count). The van der Waals surface area contributed by atoms with Gasteiger partial charge in [-0.2, -0.15) is 8.42 Å². The van der Waals surface area contributed by atoms with Crippen LogP contribution < -0.4 is 0 Å². The third-order valence-corrected chi connectivity index (χ3v) is 5.65. The predicted octanol–water partition coefficient (Wildman–Crippen LogP) is 3.58. The van der Waals surface area contributed by atoms with Gasteiger partial charge in [0, 0.05) is 5.41 Å². The van der Waals surface area contributed by atoms with Gasteiger partial charge in [0.1, 0.15) is 0 Å². The van der Waals surface area contributed by atoms with Crippen molar-refractivity contribution >= 4 is 17.5 Å². The van der Waals surface area contributed by atoms with Crippen LogP contribution in [0.5, 0.6) is 0 Å². The van der Waals surface area contributed by atoms with E-state index >= 15 is 0 Å². The van der Waals surface area contributed by atoms with Crippen molar-refractivity contribution in [2.75, 3.05) is 0 Å². The maximum Gasteiger partial charge on any atom is 0.282 e. The molecule has 2 unspecified atom stereocenters. The molecule has 5 heteroatoms. The molecule has 0 aromatic heterocycles. The highest BCUT2D eigenvalue weighted by Gasteiger charge is 2.25. The number of rotatable bonds is 3. The monoisotopic (exact) mass is 296 g/mol. The van der Waals surface area contributed by atoms with Gasteiger partial charge in [-0.1, -0.05) is 55.0 Å². The molecule has 0 heterocycles. The van der Waals surface area contributed by atoms with E-state index < -0.39 is 17.5 Å². The van der Waals surface area contributed by atoms with Crippen molar-refractivity contribution in [2.45, 2.75) is 25.7 Å². The molecule has 0 spiro atoms. The van der Waals surface area contributed by atoms with Crippen molar-refractivity contribution in [1.29, 1.82) is 0 Å². The summed E-state index contributed by atoms with van der Waals surface area (Å²) in [5.74, 6) is 0. The maximum atomic E-state index is 10.9. The van der Waals surface area contributed by atoms with E-state index in [1.54, 1.807) is 6.08 Å². The van der Waals surface area contributed by atoms with Crippen molar-refractivity contribution in [3.63, 3.8) is 0 Å². The van der Waals surface area contributed by atoms with E-state index in [2.05, 4.69) is 32.0 Å². The van der Waals surface area contributed by atoms with E-state index in [4.69, 9.17) is 4.55 Å². The second-order valence-electron chi connectivity index (χ2n) is 5.06. The topological polar surface area (TPSA) is 54.4 Å². The largest absolute Gasteiger partial charge is 0.283 e. The van der Waals surface area contributed by atoms with Gasteiger partial charge in [0.2, 0.25) is 0 Å². The lowest BCUT2D eigenvalue weighted by atomic mass is 9.77. The first kappa shape index (κ1) is 14.4. The molecule has 102 valence electrons. The summed E-state index contributed by atoms with van der Waals surface area (Å²) in [5, 5.41) is 0.674. The van der Waals surface area contributed by atoms with Crippen LogP contribution in [-0.4, -0.2) is 13.0 Å². The zero-order valence-corrected chi connectivity index (χ0v) is 12.7. The lowest BCUT2D eigenvalue weighted by Gasteiger charge is -2.28. The van der Waals surface area contributed by atoms with Gasteiger partial charge in [-0.15, -0.1) is 0 Å². The molecule has 1 N–H and O–H groups in total. The third kappa shape index (κ3) is 3.75. The average molecular weight is 296 g/mol. The normalized spacial score (nSPS) is 23.8. The highest BCUT2D eigenvalue weighted by Crippen LogP contribution is 2.40. The Hall–Kier alpha value is -0.960. The van der Waals surface area contributed by atoms with Gasteiger partial charge in [-0.3, -0.25) is 4.55 Å². The Labute approximate surface area is 115 Å². The van der Waals surface area contributed by atoms with Crippen molar-refractivity contribution in [3.8, 4) is 0 Å². The van der Waals surface area contributed by atoms with E-state index in [0.717, 1.165) is 6.42 Å². The molecule has 1 aromatic carbocycles. The molecule has 0 bridgehead atoms. The van der Waals surface area contributed by atoms with E-state index in [1.165, 1.54) is 11.1 Å². The summed E-state index contributed by atoms with van der Waals surface area (Å²) in [6, 6.07) is 8.32. The lowest BCUT2D eigenvalue weighted by molar-refractivity contribution is 0.502. The van der Waals surface area contributed by atoms with Gasteiger partial charge in [0.05, 0.1) is 7.78 Å². The van der Waals surface area contributed by atoms with Crippen molar-refractivity contribution < 1.29 is 13.0 Å². The molecule has 0 radical (unpaired) electrons. The molecule has 0 saturated heterocycles. The second-order valence-corrected chi connectivity index (χ2v) is 8.95. The molecule has 0 amide bonds. The first-order valence-electron chi connectivity index (χ1n) is 6.00. The number of benzene rings is 1. The average Bonchev–Trinajstić information content (AvgIpc) is 2.31. The van der Waals surface area contributed by atoms with Crippen LogP contribution in [0.15, 0.2) is 47.8 Å². The summed E-state index contributed by atoms with van der Waals surface area (Å²) < 4.78 is 30.6. The van der Waals surface area contributed by atoms with Crippen LogP contribution in [0.1, 0.15) is 24.5 Å². The van der Waals surface area contributed by atoms with Crippen molar-refractivity contribution in [1.82, 2.24) is 0 Å². The van der Waals surface area contributed by atoms with Gasteiger partial charge < -0.3 is 0 Å². The van der Waals surface area contributed by atoms with E-state index in [9.17, 15) is 8.42 Å². The molecule has 1 aliphatic carbocycles. The number of hydrogen-bond acceptors (Lipinski definition) is 2. The van der Waals surface area contributed by atoms with Crippen LogP contribution in [-0.2, 0) is 15.2 Å². The zero-order chi connectivity index (χ0) is 14.1. The van der Waals surface area contributed by atoms with Gasteiger partial charge in [-0.05, 0) is 24.2 Å². The molecule has 1 aliphatic rings.